The van der Waals surface area contributed by atoms with Gasteiger partial charge in [0.05, 0.1) is 18.4 Å². The zero-order chi connectivity index (χ0) is 24.5. The molecule has 3 N–H and O–H groups in total. The fourth-order valence-corrected chi connectivity index (χ4v) is 3.24. The molecular weight excluding hydrogens is 468 g/mol. The monoisotopic (exact) mass is 489 g/mol. The van der Waals surface area contributed by atoms with Crippen molar-refractivity contribution in [2.75, 3.05) is 28.6 Å². The minimum atomic E-state index is -0.848. The first-order valence-corrected chi connectivity index (χ1v) is 10.7. The van der Waals surface area contributed by atoms with Gasteiger partial charge in [0, 0.05) is 24.2 Å². The van der Waals surface area contributed by atoms with E-state index in [2.05, 4.69) is 53.6 Å². The lowest BCUT2D eigenvalue weighted by Crippen LogP contribution is -2.23. The van der Waals surface area contributed by atoms with Gasteiger partial charge in [-0.3, -0.25) is 9.89 Å². The van der Waals surface area contributed by atoms with Crippen molar-refractivity contribution in [2.45, 2.75) is 31.4 Å². The van der Waals surface area contributed by atoms with E-state index in [0.717, 1.165) is 5.69 Å². The summed E-state index contributed by atoms with van der Waals surface area (Å²) in [6.07, 6.45) is 11.8. The summed E-state index contributed by atoms with van der Waals surface area (Å²) in [5.41, 5.74) is 1.60. The molecule has 3 aromatic rings. The van der Waals surface area contributed by atoms with Gasteiger partial charge in [-0.1, -0.05) is 0 Å². The highest BCUT2D eigenvalue weighted by atomic mass is 35.5. The third-order valence-electron chi connectivity index (χ3n) is 4.82. The number of H-pyrrole nitrogens is 1. The predicted octanol–water partition coefficient (Wildman–Crippen LogP) is 3.46. The minimum absolute atomic E-state index is 0.0766. The molecule has 178 valence electrons. The molecule has 5 rings (SSSR count). The van der Waals surface area contributed by atoms with Crippen LogP contribution in [0.5, 0.6) is 0 Å². The Morgan fingerprint density at radius 2 is 2.00 bits per heavy atom. The molecule has 3 aromatic heterocycles. The van der Waals surface area contributed by atoms with Crippen LogP contribution in [-0.4, -0.2) is 55.8 Å². The number of nitrogens with zero attached hydrogens (tertiary/aromatic N) is 6. The summed E-state index contributed by atoms with van der Waals surface area (Å²) in [7, 11) is 0. The lowest BCUT2D eigenvalue weighted by Gasteiger charge is -2.15. The Labute approximate surface area is 199 Å². The van der Waals surface area contributed by atoms with Crippen molar-refractivity contribution in [2.24, 2.45) is 0 Å². The SMILES string of the molecule is C#C.F[C@@H]1CCN(c2nc(Cl)nc(Nc3cc(C4CC4)[nH]n3)n2)C1.O=CNc1ccc(F)nc1. The van der Waals surface area contributed by atoms with E-state index in [1.165, 1.54) is 31.2 Å². The molecule has 34 heavy (non-hydrogen) atoms. The van der Waals surface area contributed by atoms with Gasteiger partial charge in [0.2, 0.25) is 29.5 Å². The van der Waals surface area contributed by atoms with E-state index < -0.39 is 12.1 Å². The van der Waals surface area contributed by atoms with Gasteiger partial charge in [0.25, 0.3) is 0 Å². The van der Waals surface area contributed by atoms with E-state index >= 15 is 0 Å². The largest absolute Gasteiger partial charge is 0.338 e. The van der Waals surface area contributed by atoms with Crippen LogP contribution in [-0.2, 0) is 4.79 Å². The summed E-state index contributed by atoms with van der Waals surface area (Å²) in [6, 6.07) is 4.55. The van der Waals surface area contributed by atoms with Gasteiger partial charge < -0.3 is 15.5 Å². The Hall–Kier alpha value is -3.85. The molecule has 10 nitrogen and oxygen atoms in total. The zero-order valence-corrected chi connectivity index (χ0v) is 18.7. The number of hydrogen-bond donors (Lipinski definition) is 3. The van der Waals surface area contributed by atoms with Crippen LogP contribution in [0.3, 0.4) is 0 Å². The van der Waals surface area contributed by atoms with Crippen LogP contribution in [0.2, 0.25) is 5.28 Å². The minimum Gasteiger partial charge on any atom is -0.338 e. The van der Waals surface area contributed by atoms with Gasteiger partial charge in [0.15, 0.2) is 5.82 Å². The van der Waals surface area contributed by atoms with E-state index in [-0.39, 0.29) is 11.8 Å². The Balaban J connectivity index is 0.000000228. The molecule has 2 fully saturated rings. The van der Waals surface area contributed by atoms with Gasteiger partial charge >= 0.3 is 0 Å². The van der Waals surface area contributed by atoms with Crippen molar-refractivity contribution in [1.29, 1.82) is 0 Å². The highest BCUT2D eigenvalue weighted by molar-refractivity contribution is 6.28. The average molecular weight is 490 g/mol. The number of rotatable bonds is 6. The van der Waals surface area contributed by atoms with Crippen molar-refractivity contribution in [3.63, 3.8) is 0 Å². The number of hydrogen-bond acceptors (Lipinski definition) is 8. The number of halogens is 3. The Morgan fingerprint density at radius 3 is 2.62 bits per heavy atom. The number of carbonyl (C=O) groups is 1. The predicted molar refractivity (Wildman–Crippen MR) is 124 cm³/mol. The van der Waals surface area contributed by atoms with Crippen molar-refractivity contribution >= 4 is 41.4 Å². The number of alkyl halides is 1. The van der Waals surface area contributed by atoms with Crippen LogP contribution in [0.4, 0.5) is 32.2 Å². The quantitative estimate of drug-likeness (QED) is 0.273. The van der Waals surface area contributed by atoms with Crippen molar-refractivity contribution in [3.8, 4) is 12.8 Å². The lowest BCUT2D eigenvalue weighted by atomic mass is 10.3. The van der Waals surface area contributed by atoms with Crippen LogP contribution < -0.4 is 15.5 Å². The van der Waals surface area contributed by atoms with Crippen LogP contribution in [0.1, 0.15) is 30.9 Å². The number of aromatic amines is 1. The van der Waals surface area contributed by atoms with Crippen LogP contribution >= 0.6 is 11.6 Å². The fourth-order valence-electron chi connectivity index (χ4n) is 3.08. The fraction of sp³-hybridized carbons (Fsp3) is 0.333. The van der Waals surface area contributed by atoms with Gasteiger partial charge in [-0.15, -0.1) is 12.8 Å². The first kappa shape index (κ1) is 24.8. The molecule has 0 aromatic carbocycles. The molecule has 0 bridgehead atoms. The number of pyridine rings is 1. The molecular formula is C21H22ClF2N9O. The Bertz CT molecular complexity index is 1110. The smallest absolute Gasteiger partial charge is 0.234 e. The van der Waals surface area contributed by atoms with Gasteiger partial charge in [-0.25, -0.2) is 9.37 Å². The highest BCUT2D eigenvalue weighted by Crippen LogP contribution is 2.39. The summed E-state index contributed by atoms with van der Waals surface area (Å²) in [4.78, 5) is 27.3. The normalized spacial score (nSPS) is 16.5. The average Bonchev–Trinajstić information content (AvgIpc) is 3.43. The summed E-state index contributed by atoms with van der Waals surface area (Å²) < 4.78 is 25.4. The van der Waals surface area contributed by atoms with E-state index in [9.17, 15) is 13.6 Å². The molecule has 0 spiro atoms. The third-order valence-corrected chi connectivity index (χ3v) is 4.99. The molecule has 1 aliphatic carbocycles. The van der Waals surface area contributed by atoms with E-state index in [1.54, 1.807) is 4.90 Å². The number of aromatic nitrogens is 6. The number of terminal acetylenes is 1. The molecule has 2 aliphatic rings. The maximum absolute atomic E-state index is 13.3. The van der Waals surface area contributed by atoms with Crippen LogP contribution in [0, 0.1) is 18.8 Å². The zero-order valence-electron chi connectivity index (χ0n) is 18.0. The third kappa shape index (κ3) is 7.08. The second kappa shape index (κ2) is 11.9. The molecule has 1 aliphatic heterocycles. The molecule has 0 unspecified atom stereocenters. The number of nitrogens with one attached hydrogen (secondary N) is 3. The second-order valence-corrected chi connectivity index (χ2v) is 7.64. The van der Waals surface area contributed by atoms with E-state index in [4.69, 9.17) is 11.6 Å². The summed E-state index contributed by atoms with van der Waals surface area (Å²) in [5.74, 6) is 1.37. The summed E-state index contributed by atoms with van der Waals surface area (Å²) in [6.45, 7) is 0.864. The molecule has 1 atom stereocenters. The van der Waals surface area contributed by atoms with Crippen LogP contribution in [0.25, 0.3) is 0 Å². The first-order chi connectivity index (χ1) is 16.5. The van der Waals surface area contributed by atoms with Crippen molar-refractivity contribution < 1.29 is 13.6 Å². The number of carbonyl (C=O) groups excluding carboxylic acids is 1. The molecule has 0 radical (unpaired) electrons. The first-order valence-electron chi connectivity index (χ1n) is 10.3. The highest BCUT2D eigenvalue weighted by Gasteiger charge is 2.26. The maximum Gasteiger partial charge on any atom is 0.234 e. The molecule has 4 heterocycles. The van der Waals surface area contributed by atoms with E-state index in [0.29, 0.717) is 48.7 Å². The topological polar surface area (TPSA) is 125 Å². The van der Waals surface area contributed by atoms with Crippen molar-refractivity contribution in [1.82, 2.24) is 30.1 Å². The standard InChI is InChI=1S/C13H15ClFN7.C6H5FN2O.C2H2/c14-11-17-12(16-10-5-9(20-21-10)7-1-2-7)19-13(18-11)22-4-3-8(15)6-22;7-6-2-1-5(3-8-6)9-4-10;1-2/h5,7-8H,1-4,6H2,(H2,16,17,18,19,20,21);1-4H,(H,9,10);1-2H/t8-;;/m1../s1. The van der Waals surface area contributed by atoms with E-state index in [1.807, 2.05) is 6.07 Å². The molecule has 1 amide bonds. The Morgan fingerprint density at radius 1 is 1.21 bits per heavy atom. The van der Waals surface area contributed by atoms with Gasteiger partial charge in [-0.2, -0.15) is 24.4 Å². The second-order valence-electron chi connectivity index (χ2n) is 7.30. The lowest BCUT2D eigenvalue weighted by molar-refractivity contribution is -0.105. The molecule has 1 saturated carbocycles. The van der Waals surface area contributed by atoms with Crippen molar-refractivity contribution in [3.05, 3.63) is 41.3 Å². The van der Waals surface area contributed by atoms with Gasteiger partial charge in [-0.05, 0) is 43.0 Å². The summed E-state index contributed by atoms with van der Waals surface area (Å²) in [5, 5.41) is 12.6. The van der Waals surface area contributed by atoms with Gasteiger partial charge in [0.1, 0.15) is 6.17 Å². The Kier molecular flexibility index (Phi) is 8.64. The number of anilines is 4. The molecule has 1 saturated heterocycles. The van der Waals surface area contributed by atoms with Crippen LogP contribution in [0.15, 0.2) is 24.4 Å². The number of amides is 1. The summed E-state index contributed by atoms with van der Waals surface area (Å²) >= 11 is 5.95. The molecule has 13 heteroatoms. The maximum atomic E-state index is 13.3.